The van der Waals surface area contributed by atoms with E-state index in [4.69, 9.17) is 0 Å². The molecule has 1 amide bonds. The van der Waals surface area contributed by atoms with Crippen molar-refractivity contribution in [3.05, 3.63) is 35.4 Å². The van der Waals surface area contributed by atoms with Gasteiger partial charge in [0.1, 0.15) is 12.4 Å². The van der Waals surface area contributed by atoms with Gasteiger partial charge in [-0.25, -0.2) is 4.68 Å². The molecule has 7 heteroatoms. The maximum atomic E-state index is 12.2. The average molecular weight is 286 g/mol. The Morgan fingerprint density at radius 1 is 1.48 bits per heavy atom. The zero-order valence-corrected chi connectivity index (χ0v) is 12.2. The summed E-state index contributed by atoms with van der Waals surface area (Å²) < 4.78 is 1.49. The second-order valence-electron chi connectivity index (χ2n) is 5.47. The first-order valence-corrected chi connectivity index (χ1v) is 7.09. The van der Waals surface area contributed by atoms with Crippen molar-refractivity contribution in [3.63, 3.8) is 0 Å². The Bertz CT molecular complexity index is 648. The SMILES string of the molecule is Cc1cccnc1C(NC(=O)Cn1nnnc1C)C1CC1. The van der Waals surface area contributed by atoms with E-state index in [0.717, 1.165) is 24.1 Å². The van der Waals surface area contributed by atoms with E-state index in [1.807, 2.05) is 19.1 Å². The predicted octanol–water partition coefficient (Wildman–Crippen LogP) is 0.952. The Balaban J connectivity index is 1.73. The molecule has 0 aliphatic heterocycles. The number of amides is 1. The van der Waals surface area contributed by atoms with E-state index in [1.54, 1.807) is 13.1 Å². The number of hydrogen-bond donors (Lipinski definition) is 1. The Morgan fingerprint density at radius 2 is 2.29 bits per heavy atom. The Morgan fingerprint density at radius 3 is 2.90 bits per heavy atom. The van der Waals surface area contributed by atoms with Gasteiger partial charge in [0.15, 0.2) is 0 Å². The molecule has 1 atom stereocenters. The van der Waals surface area contributed by atoms with Gasteiger partial charge in [0.05, 0.1) is 11.7 Å². The van der Waals surface area contributed by atoms with E-state index >= 15 is 0 Å². The van der Waals surface area contributed by atoms with Gasteiger partial charge in [-0.05, 0) is 54.7 Å². The van der Waals surface area contributed by atoms with Crippen LogP contribution in [0.5, 0.6) is 0 Å². The number of hydrogen-bond acceptors (Lipinski definition) is 5. The summed E-state index contributed by atoms with van der Waals surface area (Å²) in [6.07, 6.45) is 4.03. The van der Waals surface area contributed by atoms with Gasteiger partial charge >= 0.3 is 0 Å². The molecule has 2 heterocycles. The Labute approximate surface area is 122 Å². The number of aryl methyl sites for hydroxylation is 2. The molecular weight excluding hydrogens is 268 g/mol. The fraction of sp³-hybridized carbons (Fsp3) is 0.500. The van der Waals surface area contributed by atoms with E-state index in [-0.39, 0.29) is 18.5 Å². The van der Waals surface area contributed by atoms with Crippen LogP contribution in [0.25, 0.3) is 0 Å². The largest absolute Gasteiger partial charge is 0.346 e. The van der Waals surface area contributed by atoms with Crippen molar-refractivity contribution >= 4 is 5.91 Å². The topological polar surface area (TPSA) is 85.6 Å². The lowest BCUT2D eigenvalue weighted by molar-refractivity contribution is -0.122. The standard InChI is InChI=1S/C14H18N6O/c1-9-4-3-7-15-13(9)14(11-5-6-11)16-12(21)8-20-10(2)17-18-19-20/h3-4,7,11,14H,5-6,8H2,1-2H3,(H,16,21). The predicted molar refractivity (Wildman–Crippen MR) is 75.1 cm³/mol. The van der Waals surface area contributed by atoms with Crippen molar-refractivity contribution < 1.29 is 4.79 Å². The molecule has 3 rings (SSSR count). The summed E-state index contributed by atoms with van der Waals surface area (Å²) in [5.74, 6) is 1.02. The molecule has 0 saturated heterocycles. The third-order valence-electron chi connectivity index (χ3n) is 3.76. The first-order chi connectivity index (χ1) is 10.1. The van der Waals surface area contributed by atoms with E-state index in [9.17, 15) is 4.79 Å². The average Bonchev–Trinajstić information content (AvgIpc) is 3.22. The number of pyridine rings is 1. The summed E-state index contributed by atoms with van der Waals surface area (Å²) in [6, 6.07) is 3.92. The number of nitrogens with one attached hydrogen (secondary N) is 1. The Hall–Kier alpha value is -2.31. The number of aromatic nitrogens is 5. The van der Waals surface area contributed by atoms with Gasteiger partial charge in [0.2, 0.25) is 5.91 Å². The molecule has 0 spiro atoms. The van der Waals surface area contributed by atoms with Crippen LogP contribution < -0.4 is 5.32 Å². The first kappa shape index (κ1) is 13.7. The molecule has 7 nitrogen and oxygen atoms in total. The lowest BCUT2D eigenvalue weighted by Crippen LogP contribution is -2.34. The molecule has 1 aliphatic carbocycles. The Kier molecular flexibility index (Phi) is 3.64. The van der Waals surface area contributed by atoms with Crippen LogP contribution in [0.4, 0.5) is 0 Å². The maximum absolute atomic E-state index is 12.2. The summed E-state index contributed by atoms with van der Waals surface area (Å²) in [7, 11) is 0. The molecule has 0 aromatic carbocycles. The van der Waals surface area contributed by atoms with Crippen LogP contribution in [-0.4, -0.2) is 31.1 Å². The maximum Gasteiger partial charge on any atom is 0.242 e. The summed E-state index contributed by atoms with van der Waals surface area (Å²) in [5.41, 5.74) is 2.06. The molecular formula is C14H18N6O. The van der Waals surface area contributed by atoms with Crippen molar-refractivity contribution in [1.82, 2.24) is 30.5 Å². The zero-order valence-electron chi connectivity index (χ0n) is 12.2. The van der Waals surface area contributed by atoms with Crippen molar-refractivity contribution in [2.75, 3.05) is 0 Å². The minimum atomic E-state index is -0.0904. The van der Waals surface area contributed by atoms with Gasteiger partial charge in [0, 0.05) is 6.20 Å². The van der Waals surface area contributed by atoms with Gasteiger partial charge in [-0.15, -0.1) is 5.10 Å². The molecule has 2 aromatic rings. The number of tetrazole rings is 1. The van der Waals surface area contributed by atoms with Gasteiger partial charge in [-0.1, -0.05) is 6.07 Å². The highest BCUT2D eigenvalue weighted by Gasteiger charge is 2.35. The van der Waals surface area contributed by atoms with Gasteiger partial charge in [-0.3, -0.25) is 9.78 Å². The lowest BCUT2D eigenvalue weighted by Gasteiger charge is -2.19. The minimum Gasteiger partial charge on any atom is -0.346 e. The van der Waals surface area contributed by atoms with Crippen LogP contribution in [0.1, 0.15) is 36.0 Å². The molecule has 110 valence electrons. The number of rotatable bonds is 5. The number of carbonyl (C=O) groups excluding carboxylic acids is 1. The van der Waals surface area contributed by atoms with E-state index < -0.39 is 0 Å². The quantitative estimate of drug-likeness (QED) is 0.884. The van der Waals surface area contributed by atoms with Crippen LogP contribution in [0, 0.1) is 19.8 Å². The smallest absolute Gasteiger partial charge is 0.242 e. The second-order valence-corrected chi connectivity index (χ2v) is 5.47. The highest BCUT2D eigenvalue weighted by atomic mass is 16.2. The monoisotopic (exact) mass is 286 g/mol. The van der Waals surface area contributed by atoms with Crippen molar-refractivity contribution in [2.45, 2.75) is 39.3 Å². The van der Waals surface area contributed by atoms with Crippen LogP contribution >= 0.6 is 0 Å². The van der Waals surface area contributed by atoms with Gasteiger partial charge in [0.25, 0.3) is 0 Å². The second kappa shape index (κ2) is 5.59. The van der Waals surface area contributed by atoms with Crippen molar-refractivity contribution in [3.8, 4) is 0 Å². The summed E-state index contributed by atoms with van der Waals surface area (Å²) in [6.45, 7) is 3.93. The molecule has 21 heavy (non-hydrogen) atoms. The molecule has 1 N–H and O–H groups in total. The van der Waals surface area contributed by atoms with E-state index in [0.29, 0.717) is 11.7 Å². The highest BCUT2D eigenvalue weighted by molar-refractivity contribution is 5.76. The first-order valence-electron chi connectivity index (χ1n) is 7.09. The lowest BCUT2D eigenvalue weighted by atomic mass is 10.0. The minimum absolute atomic E-state index is 0.0181. The normalized spacial score (nSPS) is 15.7. The molecule has 1 unspecified atom stereocenters. The summed E-state index contributed by atoms with van der Waals surface area (Å²) in [5, 5.41) is 14.2. The van der Waals surface area contributed by atoms with E-state index in [2.05, 4.69) is 25.8 Å². The molecule has 0 radical (unpaired) electrons. The van der Waals surface area contributed by atoms with Gasteiger partial charge in [-0.2, -0.15) is 0 Å². The van der Waals surface area contributed by atoms with Crippen LogP contribution in [0.3, 0.4) is 0 Å². The highest BCUT2D eigenvalue weighted by Crippen LogP contribution is 2.41. The zero-order chi connectivity index (χ0) is 14.8. The van der Waals surface area contributed by atoms with Gasteiger partial charge < -0.3 is 5.32 Å². The van der Waals surface area contributed by atoms with Crippen molar-refractivity contribution in [2.24, 2.45) is 5.92 Å². The number of carbonyl (C=O) groups is 1. The fourth-order valence-corrected chi connectivity index (χ4v) is 2.41. The molecule has 0 bridgehead atoms. The third kappa shape index (κ3) is 3.07. The fourth-order valence-electron chi connectivity index (χ4n) is 2.41. The molecule has 1 fully saturated rings. The molecule has 2 aromatic heterocycles. The van der Waals surface area contributed by atoms with Crippen LogP contribution in [0.2, 0.25) is 0 Å². The molecule has 1 saturated carbocycles. The summed E-state index contributed by atoms with van der Waals surface area (Å²) >= 11 is 0. The third-order valence-corrected chi connectivity index (χ3v) is 3.76. The van der Waals surface area contributed by atoms with Crippen LogP contribution in [-0.2, 0) is 11.3 Å². The van der Waals surface area contributed by atoms with Crippen LogP contribution in [0.15, 0.2) is 18.3 Å². The molecule has 1 aliphatic rings. The van der Waals surface area contributed by atoms with E-state index in [1.165, 1.54) is 4.68 Å². The van der Waals surface area contributed by atoms with Crippen molar-refractivity contribution in [1.29, 1.82) is 0 Å². The number of nitrogens with zero attached hydrogens (tertiary/aromatic N) is 5. The summed E-state index contributed by atoms with van der Waals surface area (Å²) in [4.78, 5) is 16.7.